The van der Waals surface area contributed by atoms with E-state index in [1.807, 2.05) is 67.6 Å². The summed E-state index contributed by atoms with van der Waals surface area (Å²) in [6.07, 6.45) is 4.08. The number of nitrogens with zero attached hydrogens (tertiary/aromatic N) is 1. The van der Waals surface area contributed by atoms with Gasteiger partial charge in [0.05, 0.1) is 18.6 Å². The molecule has 3 aromatic carbocycles. The van der Waals surface area contributed by atoms with Crippen molar-refractivity contribution in [3.63, 3.8) is 0 Å². The number of methoxy groups -OCH3 is 1. The second kappa shape index (κ2) is 11.6. The minimum Gasteiger partial charge on any atom is -0.493 e. The molecule has 0 radical (unpaired) electrons. The molecule has 1 saturated heterocycles. The lowest BCUT2D eigenvalue weighted by molar-refractivity contribution is -0.123. The highest BCUT2D eigenvalue weighted by molar-refractivity contribution is 9.10. The molecule has 0 saturated carbocycles. The van der Waals surface area contributed by atoms with E-state index in [-0.39, 0.29) is 17.7 Å². The second-order valence-corrected chi connectivity index (χ2v) is 10.3. The van der Waals surface area contributed by atoms with Crippen LogP contribution in [0.15, 0.2) is 82.7 Å². The van der Waals surface area contributed by atoms with E-state index < -0.39 is 0 Å². The molecule has 0 atom stereocenters. The molecule has 0 aliphatic carbocycles. The monoisotopic (exact) mass is 563 g/mol. The molecule has 0 unspecified atom stereocenters. The molecule has 0 spiro atoms. The Morgan fingerprint density at radius 2 is 1.72 bits per heavy atom. The third-order valence-corrected chi connectivity index (χ3v) is 7.10. The second-order valence-electron chi connectivity index (χ2n) is 8.37. The number of rotatable bonds is 9. The molecule has 1 aliphatic rings. The van der Waals surface area contributed by atoms with E-state index in [4.69, 9.17) is 9.47 Å². The average Bonchev–Trinajstić information content (AvgIpc) is 3.12. The van der Waals surface area contributed by atoms with Crippen molar-refractivity contribution in [3.8, 4) is 11.5 Å². The average molecular weight is 565 g/mol. The van der Waals surface area contributed by atoms with Crippen LogP contribution in [0.3, 0.4) is 0 Å². The van der Waals surface area contributed by atoms with Gasteiger partial charge in [-0.25, -0.2) is 0 Å². The van der Waals surface area contributed by atoms with Gasteiger partial charge >= 0.3 is 0 Å². The van der Waals surface area contributed by atoms with Crippen molar-refractivity contribution < 1.29 is 19.1 Å². The van der Waals surface area contributed by atoms with E-state index in [2.05, 4.69) is 22.5 Å². The van der Waals surface area contributed by atoms with Gasteiger partial charge in [-0.1, -0.05) is 64.0 Å². The topological polar surface area (TPSA) is 55.8 Å². The van der Waals surface area contributed by atoms with Gasteiger partial charge in [0.25, 0.3) is 11.1 Å². The maximum Gasteiger partial charge on any atom is 0.293 e. The number of halogens is 1. The van der Waals surface area contributed by atoms with Crippen LogP contribution in [0.2, 0.25) is 0 Å². The number of allylic oxidation sites excluding steroid dienone is 1. The Bertz CT molecular complexity index is 1320. The standard InChI is InChI=1S/C29H26BrNO4S/c1-4-5-23-14-22(15-25(34-3)27(23)35-18-21-10-12-24(30)13-11-21)16-26-28(32)31(29(33)36-26)17-20-8-6-19(2)7-9-20/h4,6-16H,1,5,17-18H2,2-3H3/b26-16-. The molecule has 1 fully saturated rings. The van der Waals surface area contributed by atoms with Gasteiger partial charge in [0.15, 0.2) is 11.5 Å². The molecule has 0 bridgehead atoms. The van der Waals surface area contributed by atoms with Crippen molar-refractivity contribution in [1.82, 2.24) is 4.90 Å². The normalized spacial score (nSPS) is 14.4. The SMILES string of the molecule is C=CCc1cc(/C=C2\SC(=O)N(Cc3ccc(C)cc3)C2=O)cc(OC)c1OCc1ccc(Br)cc1. The predicted molar refractivity (Wildman–Crippen MR) is 148 cm³/mol. The number of aryl methyl sites for hydroxylation is 1. The number of imide groups is 1. The van der Waals surface area contributed by atoms with Gasteiger partial charge in [-0.3, -0.25) is 14.5 Å². The molecule has 4 rings (SSSR count). The van der Waals surface area contributed by atoms with E-state index in [1.54, 1.807) is 19.3 Å². The van der Waals surface area contributed by atoms with Crippen LogP contribution in [0.1, 0.15) is 27.8 Å². The van der Waals surface area contributed by atoms with Crippen molar-refractivity contribution >= 4 is 44.9 Å². The fraction of sp³-hybridized carbons (Fsp3) is 0.172. The van der Waals surface area contributed by atoms with Crippen molar-refractivity contribution in [3.05, 3.63) is 111 Å². The van der Waals surface area contributed by atoms with Crippen molar-refractivity contribution in [1.29, 1.82) is 0 Å². The first-order valence-electron chi connectivity index (χ1n) is 11.4. The Kier molecular flexibility index (Phi) is 8.33. The summed E-state index contributed by atoms with van der Waals surface area (Å²) in [5, 5.41) is -0.278. The smallest absolute Gasteiger partial charge is 0.293 e. The first kappa shape index (κ1) is 25.8. The molecular weight excluding hydrogens is 538 g/mol. The number of hydrogen-bond acceptors (Lipinski definition) is 5. The molecule has 2 amide bonds. The predicted octanol–water partition coefficient (Wildman–Crippen LogP) is 7.31. The van der Waals surface area contributed by atoms with Crippen molar-refractivity contribution in [2.24, 2.45) is 0 Å². The Labute approximate surface area is 223 Å². The van der Waals surface area contributed by atoms with Crippen LogP contribution in [0.4, 0.5) is 4.79 Å². The summed E-state index contributed by atoms with van der Waals surface area (Å²) in [6, 6.07) is 19.5. The number of benzene rings is 3. The maximum absolute atomic E-state index is 13.0. The minimum atomic E-state index is -0.301. The fourth-order valence-corrected chi connectivity index (χ4v) is 4.89. The first-order valence-corrected chi connectivity index (χ1v) is 13.0. The molecular formula is C29H26BrNO4S. The van der Waals surface area contributed by atoms with Gasteiger partial charge in [0.1, 0.15) is 6.61 Å². The highest BCUT2D eigenvalue weighted by Gasteiger charge is 2.35. The van der Waals surface area contributed by atoms with Gasteiger partial charge in [0, 0.05) is 10.0 Å². The van der Waals surface area contributed by atoms with Crippen molar-refractivity contribution in [2.75, 3.05) is 7.11 Å². The van der Waals surface area contributed by atoms with Crippen LogP contribution in [-0.4, -0.2) is 23.2 Å². The molecule has 1 heterocycles. The van der Waals surface area contributed by atoms with Gasteiger partial charge in [-0.15, -0.1) is 6.58 Å². The van der Waals surface area contributed by atoms with Crippen LogP contribution < -0.4 is 9.47 Å². The molecule has 36 heavy (non-hydrogen) atoms. The Balaban J connectivity index is 1.58. The lowest BCUT2D eigenvalue weighted by Crippen LogP contribution is -2.27. The Morgan fingerprint density at radius 3 is 2.39 bits per heavy atom. The highest BCUT2D eigenvalue weighted by atomic mass is 79.9. The number of amides is 2. The summed E-state index contributed by atoms with van der Waals surface area (Å²) in [4.78, 5) is 27.3. The number of ether oxygens (including phenoxy) is 2. The zero-order valence-corrected chi connectivity index (χ0v) is 22.5. The molecule has 0 N–H and O–H groups in total. The van der Waals surface area contributed by atoms with Gasteiger partial charge in [0.2, 0.25) is 0 Å². The lowest BCUT2D eigenvalue weighted by Gasteiger charge is -2.16. The molecule has 184 valence electrons. The van der Waals surface area contributed by atoms with Gasteiger partial charge < -0.3 is 9.47 Å². The third kappa shape index (κ3) is 6.09. The number of carbonyl (C=O) groups excluding carboxylic acids is 2. The van der Waals surface area contributed by atoms with Gasteiger partial charge in [-0.05, 0) is 72.1 Å². The van der Waals surface area contributed by atoms with Crippen LogP contribution in [0.25, 0.3) is 6.08 Å². The van der Waals surface area contributed by atoms with E-state index in [9.17, 15) is 9.59 Å². The largest absolute Gasteiger partial charge is 0.493 e. The summed E-state index contributed by atoms with van der Waals surface area (Å²) in [6.45, 7) is 6.49. The summed E-state index contributed by atoms with van der Waals surface area (Å²) in [7, 11) is 1.58. The summed E-state index contributed by atoms with van der Waals surface area (Å²) in [5.41, 5.74) is 4.69. The van der Waals surface area contributed by atoms with Crippen LogP contribution in [-0.2, 0) is 24.4 Å². The summed E-state index contributed by atoms with van der Waals surface area (Å²) >= 11 is 4.39. The highest BCUT2D eigenvalue weighted by Crippen LogP contribution is 2.38. The summed E-state index contributed by atoms with van der Waals surface area (Å²) in [5.74, 6) is 0.881. The fourth-order valence-electron chi connectivity index (χ4n) is 3.79. The zero-order chi connectivity index (χ0) is 25.7. The van der Waals surface area contributed by atoms with E-state index >= 15 is 0 Å². The number of carbonyl (C=O) groups is 2. The molecule has 3 aromatic rings. The van der Waals surface area contributed by atoms with Crippen LogP contribution in [0, 0.1) is 6.92 Å². The van der Waals surface area contributed by atoms with Gasteiger partial charge in [-0.2, -0.15) is 0 Å². The van der Waals surface area contributed by atoms with E-state index in [0.29, 0.717) is 29.4 Å². The molecule has 5 nitrogen and oxygen atoms in total. The minimum absolute atomic E-state index is 0.246. The first-order chi connectivity index (χ1) is 17.4. The van der Waals surface area contributed by atoms with Crippen molar-refractivity contribution in [2.45, 2.75) is 26.5 Å². The molecule has 1 aliphatic heterocycles. The quantitative estimate of drug-likeness (QED) is 0.202. The Hall–Kier alpha value is -3.29. The molecule has 0 aromatic heterocycles. The number of thioether (sulfide) groups is 1. The van der Waals surface area contributed by atoms with Crippen LogP contribution >= 0.6 is 27.7 Å². The lowest BCUT2D eigenvalue weighted by atomic mass is 10.0. The van der Waals surface area contributed by atoms with E-state index in [1.165, 1.54) is 4.90 Å². The van der Waals surface area contributed by atoms with E-state index in [0.717, 1.165) is 44.1 Å². The van der Waals surface area contributed by atoms with Crippen LogP contribution in [0.5, 0.6) is 11.5 Å². The number of hydrogen-bond donors (Lipinski definition) is 0. The maximum atomic E-state index is 13.0. The molecule has 7 heteroatoms. The summed E-state index contributed by atoms with van der Waals surface area (Å²) < 4.78 is 12.8. The third-order valence-electron chi connectivity index (χ3n) is 5.67. The zero-order valence-electron chi connectivity index (χ0n) is 20.1. The Morgan fingerprint density at radius 1 is 1.03 bits per heavy atom.